The Morgan fingerprint density at radius 1 is 0.846 bits per heavy atom. The van der Waals surface area contributed by atoms with Crippen molar-refractivity contribution in [1.29, 1.82) is 0 Å². The normalized spacial score (nSPS) is 45.8. The first-order valence-electron chi connectivity index (χ1n) is 20.2. The monoisotopic (exact) mass is 733 g/mol. The number of nitroso groups, excluding NO2 is 1. The summed E-state index contributed by atoms with van der Waals surface area (Å²) in [7, 11) is 3.33. The first kappa shape index (κ1) is 39.9. The van der Waals surface area contributed by atoms with Crippen molar-refractivity contribution in [3.05, 3.63) is 16.6 Å². The number of Topliss-reactive ketones (excluding diaryl/α,β-unsaturated/α-hetero) is 1. The lowest BCUT2D eigenvalue weighted by molar-refractivity contribution is -0.317. The van der Waals surface area contributed by atoms with Gasteiger partial charge in [0.25, 0.3) is 0 Å². The molecular weight excluding hydrogens is 670 g/mol. The van der Waals surface area contributed by atoms with E-state index >= 15 is 0 Å². The van der Waals surface area contributed by atoms with Gasteiger partial charge in [-0.2, -0.15) is 4.91 Å². The van der Waals surface area contributed by atoms with Gasteiger partial charge in [-0.05, 0) is 108 Å². The SMILES string of the molecule is CCO[C@@H]1[C@@H](OC)[C@H](C)OC(O[C@@H]2C[C@H]3CC[C@@H]4[C@@H](C=C5C(=O)[C@H](C)[C@@H](O[C@H]6CC[C@H](N=O)[C@@H](C)O6)CCC[C@H](CC)OC(=O)C[C@H]54)[C@@H]3C2)[C@@H]1OC. The smallest absolute Gasteiger partial charge is 0.306 e. The molecule has 2 saturated carbocycles. The molecule has 0 N–H and O–H groups in total. The molecular formula is C40H63NO11. The summed E-state index contributed by atoms with van der Waals surface area (Å²) in [5.74, 6) is 0.419. The summed E-state index contributed by atoms with van der Waals surface area (Å²) >= 11 is 0. The van der Waals surface area contributed by atoms with Gasteiger partial charge in [-0.15, -0.1) is 0 Å². The molecule has 0 amide bonds. The maximum absolute atomic E-state index is 14.6. The lowest BCUT2D eigenvalue weighted by Gasteiger charge is -2.44. The molecule has 0 spiro atoms. The molecule has 3 saturated heterocycles. The molecule has 1 unspecified atom stereocenters. The highest BCUT2D eigenvalue weighted by molar-refractivity contribution is 5.99. The van der Waals surface area contributed by atoms with Crippen molar-refractivity contribution in [2.75, 3.05) is 20.8 Å². The van der Waals surface area contributed by atoms with Gasteiger partial charge < -0.3 is 37.9 Å². The Morgan fingerprint density at radius 3 is 2.33 bits per heavy atom. The Balaban J connectivity index is 1.20. The van der Waals surface area contributed by atoms with Crippen molar-refractivity contribution in [3.63, 3.8) is 0 Å². The second-order valence-corrected chi connectivity index (χ2v) is 16.2. The van der Waals surface area contributed by atoms with E-state index in [2.05, 4.69) is 18.2 Å². The topological polar surface area (TPSA) is 137 Å². The van der Waals surface area contributed by atoms with E-state index in [0.29, 0.717) is 37.7 Å². The number of carbonyl (C=O) groups is 2. The molecule has 3 heterocycles. The van der Waals surface area contributed by atoms with Gasteiger partial charge in [0.2, 0.25) is 0 Å². The Hall–Kier alpha value is -1.80. The van der Waals surface area contributed by atoms with E-state index in [9.17, 15) is 14.5 Å². The number of rotatable bonds is 10. The lowest BCUT2D eigenvalue weighted by atomic mass is 9.66. The van der Waals surface area contributed by atoms with Gasteiger partial charge in [0.15, 0.2) is 18.4 Å². The van der Waals surface area contributed by atoms with Crippen LogP contribution in [-0.4, -0.2) is 100 Å². The highest BCUT2D eigenvalue weighted by Gasteiger charge is 2.54. The van der Waals surface area contributed by atoms with Gasteiger partial charge in [0.05, 0.1) is 30.8 Å². The molecule has 3 aliphatic heterocycles. The number of ether oxygens (including phenoxy) is 8. The number of ketones is 1. The van der Waals surface area contributed by atoms with E-state index in [1.807, 2.05) is 27.7 Å². The number of fused-ring (bicyclic) bond motifs is 5. The number of methoxy groups -OCH3 is 2. The molecule has 5 fully saturated rings. The molecule has 0 aromatic heterocycles. The van der Waals surface area contributed by atoms with Crippen LogP contribution in [-0.2, 0) is 47.5 Å². The van der Waals surface area contributed by atoms with Crippen LogP contribution >= 0.6 is 0 Å². The molecule has 0 aromatic carbocycles. The average molecular weight is 734 g/mol. The zero-order valence-electron chi connectivity index (χ0n) is 32.3. The predicted molar refractivity (Wildman–Crippen MR) is 191 cm³/mol. The minimum Gasteiger partial charge on any atom is -0.462 e. The van der Waals surface area contributed by atoms with E-state index < -0.39 is 24.6 Å². The summed E-state index contributed by atoms with van der Waals surface area (Å²) < 4.78 is 49.6. The van der Waals surface area contributed by atoms with Crippen LogP contribution < -0.4 is 0 Å². The third-order valence-electron chi connectivity index (χ3n) is 13.3. The van der Waals surface area contributed by atoms with Crippen LogP contribution in [0.25, 0.3) is 0 Å². The molecule has 294 valence electrons. The Labute approximate surface area is 309 Å². The van der Waals surface area contributed by atoms with Gasteiger partial charge in [0, 0.05) is 39.1 Å². The van der Waals surface area contributed by atoms with Crippen LogP contribution in [0.4, 0.5) is 0 Å². The molecule has 17 atom stereocenters. The first-order chi connectivity index (χ1) is 25.1. The van der Waals surface area contributed by atoms with Gasteiger partial charge in [-0.3, -0.25) is 9.59 Å². The fourth-order valence-electron chi connectivity index (χ4n) is 10.5. The van der Waals surface area contributed by atoms with Gasteiger partial charge in [-0.1, -0.05) is 25.1 Å². The zero-order chi connectivity index (χ0) is 37.1. The molecule has 6 rings (SSSR count). The largest absolute Gasteiger partial charge is 0.462 e. The summed E-state index contributed by atoms with van der Waals surface area (Å²) in [6.45, 7) is 10.4. The molecule has 0 radical (unpaired) electrons. The van der Waals surface area contributed by atoms with Crippen LogP contribution in [0.15, 0.2) is 16.8 Å². The second kappa shape index (κ2) is 17.8. The van der Waals surface area contributed by atoms with E-state index in [1.54, 1.807) is 14.2 Å². The summed E-state index contributed by atoms with van der Waals surface area (Å²) in [4.78, 5) is 39.4. The first-order valence-corrected chi connectivity index (χ1v) is 20.2. The number of nitrogens with zero attached hydrogens (tertiary/aromatic N) is 1. The maximum atomic E-state index is 14.6. The number of hydrogen-bond donors (Lipinski definition) is 0. The van der Waals surface area contributed by atoms with Gasteiger partial charge >= 0.3 is 5.97 Å². The third kappa shape index (κ3) is 8.38. The van der Waals surface area contributed by atoms with Crippen molar-refractivity contribution in [2.45, 2.75) is 173 Å². The van der Waals surface area contributed by atoms with Crippen molar-refractivity contribution in [2.24, 2.45) is 40.7 Å². The second-order valence-electron chi connectivity index (χ2n) is 16.2. The molecule has 12 heteroatoms. The summed E-state index contributed by atoms with van der Waals surface area (Å²) in [6.07, 6.45) is 7.03. The zero-order valence-corrected chi connectivity index (χ0v) is 32.3. The van der Waals surface area contributed by atoms with Crippen LogP contribution in [0, 0.1) is 40.4 Å². The van der Waals surface area contributed by atoms with E-state index in [0.717, 1.165) is 50.5 Å². The molecule has 3 aliphatic carbocycles. The molecule has 0 aromatic rings. The number of carbonyl (C=O) groups excluding carboxylic acids is 2. The summed E-state index contributed by atoms with van der Waals surface area (Å²) in [6, 6.07) is -0.387. The molecule has 52 heavy (non-hydrogen) atoms. The fraction of sp³-hybridized carbons (Fsp3) is 0.900. The minimum absolute atomic E-state index is 0.0236. The third-order valence-corrected chi connectivity index (χ3v) is 13.3. The maximum Gasteiger partial charge on any atom is 0.306 e. The number of esters is 1. The standard InChI is InChI=1S/C40H63NO11/c1-8-25-11-10-12-33(52-35-16-15-32(41-44)22(4)48-35)21(3)36(43)31-19-29-27(30(31)20-34(42)50-25)14-13-24-17-26(18-28(24)29)51-40-39(46-7)38(47-9-2)37(45-6)23(5)49-40/h19,21-30,32-33,35,37-40H,8-18,20H2,1-7H3/t21-,22-,23+,24-,25+,26-,27-,28-,29-,30+,32+,33+,35+,37+,38-,39-,40?/m1/s1. The lowest BCUT2D eigenvalue weighted by Crippen LogP contribution is -2.60. The van der Waals surface area contributed by atoms with Crippen LogP contribution in [0.3, 0.4) is 0 Å². The van der Waals surface area contributed by atoms with Crippen LogP contribution in [0.5, 0.6) is 0 Å². The average Bonchev–Trinajstić information content (AvgIpc) is 3.71. The molecule has 6 aliphatic rings. The fourth-order valence-corrected chi connectivity index (χ4v) is 10.5. The number of cyclic esters (lactones) is 1. The Kier molecular flexibility index (Phi) is 13.6. The van der Waals surface area contributed by atoms with Gasteiger partial charge in [-0.25, -0.2) is 0 Å². The number of allylic oxidation sites excluding steroid dienone is 2. The van der Waals surface area contributed by atoms with Crippen molar-refractivity contribution < 1.29 is 47.5 Å². The van der Waals surface area contributed by atoms with Crippen molar-refractivity contribution >= 4 is 11.8 Å². The van der Waals surface area contributed by atoms with Crippen molar-refractivity contribution in [3.8, 4) is 0 Å². The number of hydrogen-bond acceptors (Lipinski definition) is 12. The Morgan fingerprint density at radius 2 is 1.63 bits per heavy atom. The molecule has 12 nitrogen and oxygen atoms in total. The summed E-state index contributed by atoms with van der Waals surface area (Å²) in [5.41, 5.74) is 0.767. The van der Waals surface area contributed by atoms with Gasteiger partial charge in [0.1, 0.15) is 30.5 Å². The van der Waals surface area contributed by atoms with E-state index in [-0.39, 0.29) is 84.7 Å². The summed E-state index contributed by atoms with van der Waals surface area (Å²) in [5, 5.41) is 3.22. The van der Waals surface area contributed by atoms with E-state index in [1.165, 1.54) is 0 Å². The predicted octanol–water partition coefficient (Wildman–Crippen LogP) is 6.31. The Bertz CT molecular complexity index is 1260. The van der Waals surface area contributed by atoms with Crippen molar-refractivity contribution in [1.82, 2.24) is 0 Å². The minimum atomic E-state index is -0.585. The van der Waals surface area contributed by atoms with Crippen LogP contribution in [0.1, 0.15) is 105 Å². The quantitative estimate of drug-likeness (QED) is 0.185. The highest BCUT2D eigenvalue weighted by atomic mass is 16.7. The highest BCUT2D eigenvalue weighted by Crippen LogP contribution is 2.57. The van der Waals surface area contributed by atoms with Crippen LogP contribution in [0.2, 0.25) is 0 Å². The van der Waals surface area contributed by atoms with E-state index in [4.69, 9.17) is 37.9 Å². The molecule has 0 bridgehead atoms.